The second kappa shape index (κ2) is 11.4. The van der Waals surface area contributed by atoms with E-state index in [1.165, 1.54) is 27.8 Å². The summed E-state index contributed by atoms with van der Waals surface area (Å²) in [5, 5.41) is 0.657. The van der Waals surface area contributed by atoms with Gasteiger partial charge in [-0.3, -0.25) is 9.69 Å². The SMILES string of the molecule is CCCCN(C)S(=O)(=O)c1ccc(C(=O)N(CCCN(C)C)c2nc3c(C)cccc3s2)cc1. The van der Waals surface area contributed by atoms with Crippen molar-refractivity contribution in [2.24, 2.45) is 0 Å². The lowest BCUT2D eigenvalue weighted by molar-refractivity contribution is 0.0986. The third kappa shape index (κ3) is 6.02. The van der Waals surface area contributed by atoms with Crippen molar-refractivity contribution in [2.75, 3.05) is 45.7 Å². The summed E-state index contributed by atoms with van der Waals surface area (Å²) >= 11 is 1.50. The smallest absolute Gasteiger partial charge is 0.260 e. The number of amides is 1. The number of hydrogen-bond acceptors (Lipinski definition) is 6. The van der Waals surface area contributed by atoms with Crippen LogP contribution in [0.15, 0.2) is 47.4 Å². The number of aromatic nitrogens is 1. The Morgan fingerprint density at radius 2 is 1.68 bits per heavy atom. The summed E-state index contributed by atoms with van der Waals surface area (Å²) in [6.45, 7) is 5.87. The number of nitrogens with zero attached hydrogens (tertiary/aromatic N) is 4. The zero-order valence-corrected chi connectivity index (χ0v) is 22.2. The molecule has 0 unspecified atom stereocenters. The summed E-state index contributed by atoms with van der Waals surface area (Å²) in [4.78, 5) is 22.3. The van der Waals surface area contributed by atoms with E-state index in [4.69, 9.17) is 4.98 Å². The quantitative estimate of drug-likeness (QED) is 0.382. The summed E-state index contributed by atoms with van der Waals surface area (Å²) in [5.41, 5.74) is 2.42. The maximum absolute atomic E-state index is 13.5. The Morgan fingerprint density at radius 3 is 2.29 bits per heavy atom. The Kier molecular flexibility index (Phi) is 8.81. The largest absolute Gasteiger partial charge is 0.309 e. The van der Waals surface area contributed by atoms with E-state index in [9.17, 15) is 13.2 Å². The number of benzene rings is 2. The zero-order valence-electron chi connectivity index (χ0n) is 20.6. The molecule has 0 fully saturated rings. The van der Waals surface area contributed by atoms with Crippen LogP contribution < -0.4 is 4.90 Å². The van der Waals surface area contributed by atoms with Crippen molar-refractivity contribution in [1.82, 2.24) is 14.2 Å². The average molecular weight is 503 g/mol. The van der Waals surface area contributed by atoms with Crippen LogP contribution in [0.3, 0.4) is 0 Å². The fourth-order valence-electron chi connectivity index (χ4n) is 3.63. The number of rotatable bonds is 11. The number of anilines is 1. The number of para-hydroxylation sites is 1. The van der Waals surface area contributed by atoms with Crippen LogP contribution in [-0.2, 0) is 10.0 Å². The first-order chi connectivity index (χ1) is 16.1. The molecule has 0 spiro atoms. The van der Waals surface area contributed by atoms with Crippen molar-refractivity contribution in [3.05, 3.63) is 53.6 Å². The average Bonchev–Trinajstić information content (AvgIpc) is 3.25. The standard InChI is InChI=1S/C25H34N4O3S2/c1-6-7-17-28(5)34(31,32)21-14-12-20(13-15-21)24(30)29(18-9-16-27(3)4)25-26-23-19(2)10-8-11-22(23)33-25/h8,10-15H,6-7,9,16-18H2,1-5H3. The van der Waals surface area contributed by atoms with Crippen molar-refractivity contribution in [3.63, 3.8) is 0 Å². The second-order valence-electron chi connectivity index (χ2n) is 8.74. The predicted molar refractivity (Wildman–Crippen MR) is 140 cm³/mol. The molecule has 0 aliphatic carbocycles. The molecule has 34 heavy (non-hydrogen) atoms. The van der Waals surface area contributed by atoms with E-state index in [0.29, 0.717) is 23.8 Å². The highest BCUT2D eigenvalue weighted by Crippen LogP contribution is 2.31. The molecule has 0 aliphatic rings. The number of sulfonamides is 1. The molecule has 1 aromatic heterocycles. The van der Waals surface area contributed by atoms with Crippen LogP contribution >= 0.6 is 11.3 Å². The lowest BCUT2D eigenvalue weighted by atomic mass is 10.2. The Balaban J connectivity index is 1.89. The summed E-state index contributed by atoms with van der Waals surface area (Å²) in [6, 6.07) is 12.3. The van der Waals surface area contributed by atoms with Gasteiger partial charge in [0.25, 0.3) is 5.91 Å². The van der Waals surface area contributed by atoms with Crippen molar-refractivity contribution in [1.29, 1.82) is 0 Å². The summed E-state index contributed by atoms with van der Waals surface area (Å²) in [5.74, 6) is -0.182. The van der Waals surface area contributed by atoms with Gasteiger partial charge >= 0.3 is 0 Å². The van der Waals surface area contributed by atoms with Crippen LogP contribution in [0.1, 0.15) is 42.1 Å². The van der Waals surface area contributed by atoms with E-state index >= 15 is 0 Å². The molecule has 184 valence electrons. The Hall–Kier alpha value is -2.33. The minimum Gasteiger partial charge on any atom is -0.309 e. The van der Waals surface area contributed by atoms with E-state index in [1.807, 2.05) is 46.1 Å². The number of fused-ring (bicyclic) bond motifs is 1. The van der Waals surface area contributed by atoms with Gasteiger partial charge in [0.05, 0.1) is 15.1 Å². The van der Waals surface area contributed by atoms with Crippen LogP contribution in [0.5, 0.6) is 0 Å². The minimum absolute atomic E-state index is 0.182. The number of carbonyl (C=O) groups excluding carboxylic acids is 1. The summed E-state index contributed by atoms with van der Waals surface area (Å²) in [7, 11) is 2.02. The van der Waals surface area contributed by atoms with E-state index in [0.717, 1.165) is 41.6 Å². The molecule has 1 amide bonds. The minimum atomic E-state index is -3.58. The maximum atomic E-state index is 13.5. The Morgan fingerprint density at radius 1 is 0.971 bits per heavy atom. The fraction of sp³-hybridized carbons (Fsp3) is 0.440. The predicted octanol–water partition coefficient (Wildman–Crippen LogP) is 4.62. The molecule has 7 nitrogen and oxygen atoms in total. The summed E-state index contributed by atoms with van der Waals surface area (Å²) in [6.07, 6.45) is 2.51. The molecular weight excluding hydrogens is 468 g/mol. The molecular formula is C25H34N4O3S2. The fourth-order valence-corrected chi connectivity index (χ4v) is 5.90. The van der Waals surface area contributed by atoms with E-state index in [-0.39, 0.29) is 10.8 Å². The molecule has 3 aromatic rings. The second-order valence-corrected chi connectivity index (χ2v) is 11.8. The van der Waals surface area contributed by atoms with Gasteiger partial charge in [-0.1, -0.05) is 36.8 Å². The van der Waals surface area contributed by atoms with Gasteiger partial charge in [0.15, 0.2) is 5.13 Å². The normalized spacial score (nSPS) is 12.1. The first-order valence-corrected chi connectivity index (χ1v) is 13.8. The van der Waals surface area contributed by atoms with Gasteiger partial charge in [-0.25, -0.2) is 17.7 Å². The van der Waals surface area contributed by atoms with Gasteiger partial charge in [-0.15, -0.1) is 0 Å². The van der Waals surface area contributed by atoms with Gasteiger partial charge in [-0.2, -0.15) is 0 Å². The van der Waals surface area contributed by atoms with Crippen molar-refractivity contribution < 1.29 is 13.2 Å². The van der Waals surface area contributed by atoms with E-state index in [2.05, 4.69) is 4.90 Å². The molecule has 0 aliphatic heterocycles. The van der Waals surface area contributed by atoms with Crippen LogP contribution in [0, 0.1) is 6.92 Å². The highest BCUT2D eigenvalue weighted by molar-refractivity contribution is 7.89. The van der Waals surface area contributed by atoms with E-state index < -0.39 is 10.0 Å². The zero-order chi connectivity index (χ0) is 24.9. The highest BCUT2D eigenvalue weighted by Gasteiger charge is 2.24. The maximum Gasteiger partial charge on any atom is 0.260 e. The van der Waals surface area contributed by atoms with Gasteiger partial charge in [0.1, 0.15) is 0 Å². The number of thiazole rings is 1. The first-order valence-electron chi connectivity index (χ1n) is 11.5. The van der Waals surface area contributed by atoms with Crippen molar-refractivity contribution >= 4 is 42.6 Å². The van der Waals surface area contributed by atoms with Gasteiger partial charge < -0.3 is 4.90 Å². The molecule has 0 saturated carbocycles. The molecule has 0 radical (unpaired) electrons. The van der Waals surface area contributed by atoms with Crippen LogP contribution in [0.25, 0.3) is 10.2 Å². The third-order valence-corrected chi connectivity index (χ3v) is 8.62. The number of aryl methyl sites for hydroxylation is 1. The van der Waals surface area contributed by atoms with Gasteiger partial charge in [-0.05, 0) is 76.3 Å². The molecule has 9 heteroatoms. The number of carbonyl (C=O) groups is 1. The van der Waals surface area contributed by atoms with E-state index in [1.54, 1.807) is 24.1 Å². The molecule has 0 saturated heterocycles. The lowest BCUT2D eigenvalue weighted by Gasteiger charge is -2.21. The van der Waals surface area contributed by atoms with Crippen molar-refractivity contribution in [3.8, 4) is 0 Å². The molecule has 3 rings (SSSR count). The third-order valence-electron chi connectivity index (χ3n) is 5.71. The Bertz CT molecular complexity index is 1220. The molecule has 1 heterocycles. The highest BCUT2D eigenvalue weighted by atomic mass is 32.2. The first kappa shape index (κ1) is 26.3. The molecule has 0 N–H and O–H groups in total. The number of hydrogen-bond donors (Lipinski definition) is 0. The Labute approximate surface area is 207 Å². The van der Waals surface area contributed by atoms with Gasteiger partial charge in [0, 0.05) is 25.7 Å². The molecule has 2 aromatic carbocycles. The van der Waals surface area contributed by atoms with Crippen LogP contribution in [0.2, 0.25) is 0 Å². The van der Waals surface area contributed by atoms with Crippen LogP contribution in [-0.4, -0.2) is 69.3 Å². The van der Waals surface area contributed by atoms with Gasteiger partial charge in [0.2, 0.25) is 10.0 Å². The van der Waals surface area contributed by atoms with Crippen LogP contribution in [0.4, 0.5) is 5.13 Å². The van der Waals surface area contributed by atoms with Crippen molar-refractivity contribution in [2.45, 2.75) is 38.0 Å². The monoisotopic (exact) mass is 502 g/mol. The number of unbranched alkanes of at least 4 members (excludes halogenated alkanes) is 1. The summed E-state index contributed by atoms with van der Waals surface area (Å²) < 4.78 is 28.1. The topological polar surface area (TPSA) is 73.8 Å². The molecule has 0 bridgehead atoms. The lowest BCUT2D eigenvalue weighted by Crippen LogP contribution is -2.33. The molecule has 0 atom stereocenters.